The van der Waals surface area contributed by atoms with E-state index in [-0.39, 0.29) is 18.6 Å². The molecular weight excluding hydrogens is 306 g/mol. The van der Waals surface area contributed by atoms with E-state index in [1.54, 1.807) is 0 Å². The largest absolute Gasteiger partial charge is 0.486 e. The normalized spacial score (nSPS) is 13.9. The number of aryl methyl sites for hydroxylation is 1. The highest BCUT2D eigenvalue weighted by atomic mass is 16.6. The van der Waals surface area contributed by atoms with Crippen molar-refractivity contribution in [2.75, 3.05) is 19.8 Å². The standard InChI is InChI=1S/C19H21NO4/c1-13-5-3-4-6-16(13)24-12-19(21)20-14(2)15-7-8-17-18(11-15)23-10-9-22-17/h3-8,11,14H,9-10,12H2,1-2H3,(H,20,21). The van der Waals surface area contributed by atoms with E-state index in [4.69, 9.17) is 14.2 Å². The first kappa shape index (κ1) is 16.2. The minimum absolute atomic E-state index is 0.0141. The van der Waals surface area contributed by atoms with Gasteiger partial charge >= 0.3 is 0 Å². The minimum atomic E-state index is -0.166. The molecule has 3 rings (SSSR count). The highest BCUT2D eigenvalue weighted by Gasteiger charge is 2.16. The fourth-order valence-corrected chi connectivity index (χ4v) is 2.56. The number of hydrogen-bond donors (Lipinski definition) is 1. The van der Waals surface area contributed by atoms with Gasteiger partial charge in [-0.05, 0) is 43.2 Å². The predicted octanol–water partition coefficient (Wildman–Crippen LogP) is 3.02. The quantitative estimate of drug-likeness (QED) is 0.917. The molecule has 24 heavy (non-hydrogen) atoms. The Morgan fingerprint density at radius 1 is 1.17 bits per heavy atom. The van der Waals surface area contributed by atoms with Crippen molar-refractivity contribution in [3.63, 3.8) is 0 Å². The van der Waals surface area contributed by atoms with E-state index in [0.717, 1.165) is 28.4 Å². The van der Waals surface area contributed by atoms with Gasteiger partial charge in [0.05, 0.1) is 6.04 Å². The Kier molecular flexibility index (Phi) is 4.89. The summed E-state index contributed by atoms with van der Waals surface area (Å²) in [5, 5.41) is 2.93. The monoisotopic (exact) mass is 327 g/mol. The van der Waals surface area contributed by atoms with Crippen LogP contribution >= 0.6 is 0 Å². The lowest BCUT2D eigenvalue weighted by molar-refractivity contribution is -0.123. The Balaban J connectivity index is 1.57. The Labute approximate surface area is 141 Å². The maximum atomic E-state index is 12.1. The Morgan fingerprint density at radius 3 is 2.71 bits per heavy atom. The molecule has 2 aromatic carbocycles. The summed E-state index contributed by atoms with van der Waals surface area (Å²) >= 11 is 0. The number of ether oxygens (including phenoxy) is 3. The maximum absolute atomic E-state index is 12.1. The van der Waals surface area contributed by atoms with E-state index in [9.17, 15) is 4.79 Å². The van der Waals surface area contributed by atoms with Crippen LogP contribution in [-0.2, 0) is 4.79 Å². The van der Waals surface area contributed by atoms with E-state index in [1.165, 1.54) is 0 Å². The molecule has 2 aromatic rings. The van der Waals surface area contributed by atoms with Crippen molar-refractivity contribution >= 4 is 5.91 Å². The lowest BCUT2D eigenvalue weighted by Gasteiger charge is -2.21. The summed E-state index contributed by atoms with van der Waals surface area (Å²) in [4.78, 5) is 12.1. The van der Waals surface area contributed by atoms with E-state index < -0.39 is 0 Å². The van der Waals surface area contributed by atoms with Crippen molar-refractivity contribution < 1.29 is 19.0 Å². The average Bonchev–Trinajstić information content (AvgIpc) is 2.60. The number of nitrogens with one attached hydrogen (secondary N) is 1. The average molecular weight is 327 g/mol. The van der Waals surface area contributed by atoms with Gasteiger partial charge in [-0.3, -0.25) is 4.79 Å². The third-order valence-electron chi connectivity index (χ3n) is 3.90. The highest BCUT2D eigenvalue weighted by Crippen LogP contribution is 2.32. The Bertz CT molecular complexity index is 729. The molecule has 0 spiro atoms. The van der Waals surface area contributed by atoms with Gasteiger partial charge in [0, 0.05) is 0 Å². The third kappa shape index (κ3) is 3.79. The second-order valence-electron chi connectivity index (χ2n) is 5.75. The molecule has 1 unspecified atom stereocenters. The second-order valence-corrected chi connectivity index (χ2v) is 5.75. The number of fused-ring (bicyclic) bond motifs is 1. The molecule has 0 aromatic heterocycles. The first-order chi connectivity index (χ1) is 11.6. The van der Waals surface area contributed by atoms with Crippen LogP contribution < -0.4 is 19.5 Å². The van der Waals surface area contributed by atoms with Crippen LogP contribution in [0.15, 0.2) is 42.5 Å². The van der Waals surface area contributed by atoms with Crippen LogP contribution in [0.5, 0.6) is 17.2 Å². The molecular formula is C19H21NO4. The van der Waals surface area contributed by atoms with Crippen LogP contribution in [0.3, 0.4) is 0 Å². The van der Waals surface area contributed by atoms with Crippen molar-refractivity contribution in [3.05, 3.63) is 53.6 Å². The molecule has 1 aliphatic rings. The van der Waals surface area contributed by atoms with Gasteiger partial charge in [0.1, 0.15) is 19.0 Å². The Morgan fingerprint density at radius 2 is 1.92 bits per heavy atom. The molecule has 0 aliphatic carbocycles. The molecule has 1 amide bonds. The zero-order chi connectivity index (χ0) is 16.9. The third-order valence-corrected chi connectivity index (χ3v) is 3.90. The van der Waals surface area contributed by atoms with Crippen molar-refractivity contribution in [3.8, 4) is 17.2 Å². The summed E-state index contributed by atoms with van der Waals surface area (Å²) in [6.07, 6.45) is 0. The summed E-state index contributed by atoms with van der Waals surface area (Å²) in [6.45, 7) is 4.97. The number of hydrogen-bond acceptors (Lipinski definition) is 4. The van der Waals surface area contributed by atoms with Crippen LogP contribution in [0.2, 0.25) is 0 Å². The number of para-hydroxylation sites is 1. The van der Waals surface area contributed by atoms with E-state index in [1.807, 2.05) is 56.3 Å². The molecule has 5 nitrogen and oxygen atoms in total. The number of rotatable bonds is 5. The SMILES string of the molecule is Cc1ccccc1OCC(=O)NC(C)c1ccc2c(c1)OCCO2. The van der Waals surface area contributed by atoms with Crippen molar-refractivity contribution in [1.82, 2.24) is 5.32 Å². The summed E-state index contributed by atoms with van der Waals surface area (Å²) < 4.78 is 16.7. The molecule has 126 valence electrons. The molecule has 0 bridgehead atoms. The number of amides is 1. The van der Waals surface area contributed by atoms with Gasteiger partial charge in [0.25, 0.3) is 5.91 Å². The van der Waals surface area contributed by atoms with Crippen LogP contribution in [0.4, 0.5) is 0 Å². The molecule has 1 atom stereocenters. The lowest BCUT2D eigenvalue weighted by atomic mass is 10.1. The summed E-state index contributed by atoms with van der Waals surface area (Å²) in [7, 11) is 0. The predicted molar refractivity (Wildman–Crippen MR) is 90.7 cm³/mol. The molecule has 0 saturated heterocycles. The first-order valence-electron chi connectivity index (χ1n) is 8.01. The van der Waals surface area contributed by atoms with E-state index in [2.05, 4.69) is 5.32 Å². The molecule has 1 aliphatic heterocycles. The van der Waals surface area contributed by atoms with Gasteiger partial charge in [0.2, 0.25) is 0 Å². The number of carbonyl (C=O) groups excluding carboxylic acids is 1. The van der Waals surface area contributed by atoms with Crippen molar-refractivity contribution in [2.24, 2.45) is 0 Å². The summed E-state index contributed by atoms with van der Waals surface area (Å²) in [6, 6.07) is 13.2. The topological polar surface area (TPSA) is 56.8 Å². The number of carbonyl (C=O) groups is 1. The van der Waals surface area contributed by atoms with Crippen LogP contribution in [0.1, 0.15) is 24.1 Å². The van der Waals surface area contributed by atoms with E-state index in [0.29, 0.717) is 13.2 Å². The first-order valence-corrected chi connectivity index (χ1v) is 8.01. The molecule has 1 heterocycles. The van der Waals surface area contributed by atoms with Crippen molar-refractivity contribution in [2.45, 2.75) is 19.9 Å². The van der Waals surface area contributed by atoms with Crippen LogP contribution in [0, 0.1) is 6.92 Å². The molecule has 0 saturated carbocycles. The summed E-state index contributed by atoms with van der Waals surface area (Å²) in [5.74, 6) is 2.02. The smallest absolute Gasteiger partial charge is 0.258 e. The molecule has 0 radical (unpaired) electrons. The molecule has 5 heteroatoms. The summed E-state index contributed by atoms with van der Waals surface area (Å²) in [5.41, 5.74) is 1.97. The highest BCUT2D eigenvalue weighted by molar-refractivity contribution is 5.78. The number of benzene rings is 2. The van der Waals surface area contributed by atoms with Crippen LogP contribution in [-0.4, -0.2) is 25.7 Å². The fraction of sp³-hybridized carbons (Fsp3) is 0.316. The van der Waals surface area contributed by atoms with E-state index >= 15 is 0 Å². The second kappa shape index (κ2) is 7.25. The van der Waals surface area contributed by atoms with Gasteiger partial charge in [-0.2, -0.15) is 0 Å². The van der Waals surface area contributed by atoms with Gasteiger partial charge < -0.3 is 19.5 Å². The molecule has 1 N–H and O–H groups in total. The van der Waals surface area contributed by atoms with Crippen LogP contribution in [0.25, 0.3) is 0 Å². The van der Waals surface area contributed by atoms with Gasteiger partial charge in [-0.15, -0.1) is 0 Å². The zero-order valence-corrected chi connectivity index (χ0v) is 13.9. The van der Waals surface area contributed by atoms with Gasteiger partial charge in [-0.25, -0.2) is 0 Å². The molecule has 0 fully saturated rings. The zero-order valence-electron chi connectivity index (χ0n) is 13.9. The van der Waals surface area contributed by atoms with Crippen molar-refractivity contribution in [1.29, 1.82) is 0 Å². The maximum Gasteiger partial charge on any atom is 0.258 e. The van der Waals surface area contributed by atoms with Gasteiger partial charge in [0.15, 0.2) is 18.1 Å². The lowest BCUT2D eigenvalue weighted by Crippen LogP contribution is -2.31. The fourth-order valence-electron chi connectivity index (χ4n) is 2.56. The Hall–Kier alpha value is -2.69. The minimum Gasteiger partial charge on any atom is -0.486 e. The van der Waals surface area contributed by atoms with Gasteiger partial charge in [-0.1, -0.05) is 24.3 Å².